The topological polar surface area (TPSA) is 60.8 Å². The number of phenolic OH excluding ortho intramolecular Hbond substituents is 1. The monoisotopic (exact) mass is 623 g/mol. The van der Waals surface area contributed by atoms with Crippen LogP contribution in [0.1, 0.15) is 152 Å². The number of hydrogen-bond acceptors (Lipinski definition) is 3. The van der Waals surface area contributed by atoms with E-state index in [-0.39, 0.29) is 23.0 Å². The van der Waals surface area contributed by atoms with E-state index in [1.165, 1.54) is 64.2 Å². The number of benzene rings is 1. The van der Waals surface area contributed by atoms with Crippen molar-refractivity contribution in [2.45, 2.75) is 160 Å². The Labute approximate surface area is 272 Å². The van der Waals surface area contributed by atoms with Crippen molar-refractivity contribution in [2.75, 3.05) is 13.1 Å². The van der Waals surface area contributed by atoms with E-state index in [9.17, 15) is 15.0 Å². The third kappa shape index (κ3) is 7.60. The molecule has 6 rings (SSSR count). The van der Waals surface area contributed by atoms with Crippen LogP contribution < -0.4 is 0 Å². The number of hydrogen-bond donors (Lipinski definition) is 2. The SMILES string of the molecule is C[C@]12C[C@H](F)C3c4ccc(O)cc4C[C@@H](CCCCCCN(CC4CCCCC4)C(=O)CCC4CCCCC4)C3C1CC[C@@H]2O. The fraction of sp³-hybridized carbons (Fsp3) is 0.825. The maximum absolute atomic E-state index is 16.1. The molecule has 0 spiro atoms. The van der Waals surface area contributed by atoms with Crippen molar-refractivity contribution in [1.82, 2.24) is 4.90 Å². The molecule has 252 valence electrons. The fourth-order valence-electron chi connectivity index (χ4n) is 11.1. The van der Waals surface area contributed by atoms with Crippen LogP contribution in [0.5, 0.6) is 5.75 Å². The van der Waals surface area contributed by atoms with E-state index in [0.29, 0.717) is 30.1 Å². The van der Waals surface area contributed by atoms with Gasteiger partial charge in [-0.2, -0.15) is 0 Å². The molecule has 1 amide bonds. The van der Waals surface area contributed by atoms with Crippen molar-refractivity contribution in [3.63, 3.8) is 0 Å². The van der Waals surface area contributed by atoms with Crippen molar-refractivity contribution in [3.8, 4) is 5.75 Å². The lowest BCUT2D eigenvalue weighted by molar-refractivity contribution is -0.132. The molecule has 1 aromatic rings. The summed E-state index contributed by atoms with van der Waals surface area (Å²) in [6.07, 6.45) is 22.5. The molecule has 7 atom stereocenters. The summed E-state index contributed by atoms with van der Waals surface area (Å²) in [6.45, 7) is 4.02. The molecular weight excluding hydrogens is 561 g/mol. The minimum atomic E-state index is -0.944. The second-order valence-electron chi connectivity index (χ2n) is 16.5. The number of nitrogens with zero attached hydrogens (tertiary/aromatic N) is 1. The molecule has 0 heterocycles. The van der Waals surface area contributed by atoms with Gasteiger partial charge in [0.05, 0.1) is 6.10 Å². The van der Waals surface area contributed by atoms with Gasteiger partial charge < -0.3 is 15.1 Å². The van der Waals surface area contributed by atoms with Gasteiger partial charge in [-0.25, -0.2) is 4.39 Å². The summed E-state index contributed by atoms with van der Waals surface area (Å²) in [5.41, 5.74) is 1.92. The molecule has 5 aliphatic rings. The standard InChI is InChI=1S/C40H62FNO3/c1-40-26-35(41)39-33-19-18-32(43)25-31(33)24-30(38(39)34(40)20-21-36(40)44)16-10-2-3-11-23-42(27-29-14-8-5-9-15-29)37(45)22-17-28-12-6-4-7-13-28/h18-19,25,28-30,34-36,38-39,43-44H,2-17,20-24,26-27H2,1H3/t30-,34?,35+,36+,38?,39?,40+/m1/s1. The smallest absolute Gasteiger partial charge is 0.222 e. The Morgan fingerprint density at radius 3 is 2.38 bits per heavy atom. The molecule has 3 unspecified atom stereocenters. The summed E-state index contributed by atoms with van der Waals surface area (Å²) < 4.78 is 16.1. The number of alkyl halides is 1. The van der Waals surface area contributed by atoms with Crippen LogP contribution in [0.15, 0.2) is 18.2 Å². The normalized spacial score (nSPS) is 33.8. The highest BCUT2D eigenvalue weighted by molar-refractivity contribution is 5.76. The zero-order chi connectivity index (χ0) is 31.4. The van der Waals surface area contributed by atoms with Gasteiger partial charge in [0.15, 0.2) is 0 Å². The van der Waals surface area contributed by atoms with Crippen LogP contribution in [0.25, 0.3) is 0 Å². The van der Waals surface area contributed by atoms with Crippen molar-refractivity contribution < 1.29 is 19.4 Å². The Bertz CT molecular complexity index is 1110. The number of carbonyl (C=O) groups is 1. The Morgan fingerprint density at radius 1 is 0.911 bits per heavy atom. The summed E-state index contributed by atoms with van der Waals surface area (Å²) in [7, 11) is 0. The molecule has 4 saturated carbocycles. The van der Waals surface area contributed by atoms with Gasteiger partial charge in [0, 0.05) is 25.4 Å². The zero-order valence-electron chi connectivity index (χ0n) is 28.2. The number of aromatic hydroxyl groups is 1. The Balaban J connectivity index is 1.03. The number of aliphatic hydroxyl groups excluding tert-OH is 1. The number of unbranched alkanes of at least 4 members (excludes halogenated alkanes) is 3. The number of phenols is 1. The van der Waals surface area contributed by atoms with E-state index < -0.39 is 12.3 Å². The number of rotatable bonds is 12. The average molecular weight is 624 g/mol. The molecule has 1 aromatic carbocycles. The van der Waals surface area contributed by atoms with Gasteiger partial charge in [-0.05, 0) is 116 Å². The number of fused-ring (bicyclic) bond motifs is 5. The molecule has 0 aliphatic heterocycles. The lowest BCUT2D eigenvalue weighted by Crippen LogP contribution is -2.51. The second kappa shape index (κ2) is 15.1. The van der Waals surface area contributed by atoms with Crippen LogP contribution in [0.3, 0.4) is 0 Å². The van der Waals surface area contributed by atoms with Gasteiger partial charge in [-0.1, -0.05) is 83.6 Å². The predicted octanol–water partition coefficient (Wildman–Crippen LogP) is 9.50. The number of carbonyl (C=O) groups excluding carboxylic acids is 1. The highest BCUT2D eigenvalue weighted by Crippen LogP contribution is 2.63. The molecule has 45 heavy (non-hydrogen) atoms. The molecule has 0 bridgehead atoms. The quantitative estimate of drug-likeness (QED) is 0.228. The number of halogens is 1. The first-order valence-electron chi connectivity index (χ1n) is 19.2. The van der Waals surface area contributed by atoms with Crippen molar-refractivity contribution in [3.05, 3.63) is 29.3 Å². The molecule has 0 aromatic heterocycles. The lowest BCUT2D eigenvalue weighted by Gasteiger charge is -2.54. The van der Waals surface area contributed by atoms with Crippen LogP contribution in [-0.2, 0) is 11.2 Å². The van der Waals surface area contributed by atoms with Gasteiger partial charge in [0.25, 0.3) is 0 Å². The van der Waals surface area contributed by atoms with Crippen LogP contribution in [0.4, 0.5) is 4.39 Å². The van der Waals surface area contributed by atoms with Crippen LogP contribution >= 0.6 is 0 Å². The predicted molar refractivity (Wildman–Crippen MR) is 180 cm³/mol. The summed E-state index contributed by atoms with van der Waals surface area (Å²) >= 11 is 0. The van der Waals surface area contributed by atoms with Gasteiger partial charge in [0.1, 0.15) is 11.9 Å². The zero-order valence-corrected chi connectivity index (χ0v) is 28.2. The first kappa shape index (κ1) is 33.3. The Morgan fingerprint density at radius 2 is 1.62 bits per heavy atom. The average Bonchev–Trinajstić information content (AvgIpc) is 3.34. The van der Waals surface area contributed by atoms with Crippen LogP contribution in [0, 0.1) is 35.0 Å². The fourth-order valence-corrected chi connectivity index (χ4v) is 11.1. The number of aliphatic hydroxyl groups is 1. The maximum Gasteiger partial charge on any atom is 0.222 e. The van der Waals surface area contributed by atoms with E-state index in [0.717, 1.165) is 94.3 Å². The van der Waals surface area contributed by atoms with E-state index in [1.54, 1.807) is 6.07 Å². The molecule has 2 N–H and O–H groups in total. The molecular formula is C40H62FNO3. The van der Waals surface area contributed by atoms with Crippen molar-refractivity contribution >= 4 is 5.91 Å². The molecule has 5 heteroatoms. The first-order valence-corrected chi connectivity index (χ1v) is 19.2. The largest absolute Gasteiger partial charge is 0.508 e. The molecule has 0 radical (unpaired) electrons. The lowest BCUT2D eigenvalue weighted by atomic mass is 9.51. The highest BCUT2D eigenvalue weighted by atomic mass is 19.1. The summed E-state index contributed by atoms with van der Waals surface area (Å²) in [6, 6.07) is 5.60. The minimum absolute atomic E-state index is 0.115. The maximum atomic E-state index is 16.1. The summed E-state index contributed by atoms with van der Waals surface area (Å²) in [5, 5.41) is 21.2. The molecule has 4 fully saturated rings. The summed E-state index contributed by atoms with van der Waals surface area (Å²) in [5.74, 6) is 3.04. The van der Waals surface area contributed by atoms with Crippen molar-refractivity contribution in [2.24, 2.45) is 35.0 Å². The van der Waals surface area contributed by atoms with Crippen LogP contribution in [-0.4, -0.2) is 46.4 Å². The van der Waals surface area contributed by atoms with Gasteiger partial charge >= 0.3 is 0 Å². The van der Waals surface area contributed by atoms with Crippen LogP contribution in [0.2, 0.25) is 0 Å². The third-order valence-electron chi connectivity index (χ3n) is 13.6. The molecule has 0 saturated heterocycles. The second-order valence-corrected chi connectivity index (χ2v) is 16.5. The first-order chi connectivity index (χ1) is 21.8. The van der Waals surface area contributed by atoms with E-state index in [2.05, 4.69) is 11.8 Å². The van der Waals surface area contributed by atoms with Crippen molar-refractivity contribution in [1.29, 1.82) is 0 Å². The van der Waals surface area contributed by atoms with E-state index >= 15 is 4.39 Å². The van der Waals surface area contributed by atoms with Gasteiger partial charge in [-0.15, -0.1) is 0 Å². The van der Waals surface area contributed by atoms with E-state index in [4.69, 9.17) is 0 Å². The van der Waals surface area contributed by atoms with Gasteiger partial charge in [0.2, 0.25) is 5.91 Å². The van der Waals surface area contributed by atoms with E-state index in [1.807, 2.05) is 12.1 Å². The highest BCUT2D eigenvalue weighted by Gasteiger charge is 2.59. The number of amides is 1. The molecule has 4 nitrogen and oxygen atoms in total. The molecule has 5 aliphatic carbocycles. The summed E-state index contributed by atoms with van der Waals surface area (Å²) in [4.78, 5) is 15.7. The minimum Gasteiger partial charge on any atom is -0.508 e. The Kier molecular flexibility index (Phi) is 11.2. The third-order valence-corrected chi connectivity index (χ3v) is 13.6. The van der Waals surface area contributed by atoms with Gasteiger partial charge in [-0.3, -0.25) is 4.79 Å². The Hall–Kier alpha value is -1.62.